The summed E-state index contributed by atoms with van der Waals surface area (Å²) in [6.45, 7) is 2.11. The van der Waals surface area contributed by atoms with Gasteiger partial charge in [-0.25, -0.2) is 8.42 Å². The van der Waals surface area contributed by atoms with Gasteiger partial charge in [0.25, 0.3) is 0 Å². The fraction of sp³-hybridized carbons (Fsp3) is 0.462. The largest absolute Gasteiger partial charge is 0.481 e. The number of carboxylic acids is 1. The van der Waals surface area contributed by atoms with Crippen LogP contribution < -0.4 is 0 Å². The number of aliphatic carboxylic acids is 1. The molecule has 1 heterocycles. The van der Waals surface area contributed by atoms with Gasteiger partial charge in [0.2, 0.25) is 10.0 Å². The molecular formula is C13H15BrClNO4S. The molecule has 0 amide bonds. The van der Waals surface area contributed by atoms with Crippen molar-refractivity contribution in [2.24, 2.45) is 11.8 Å². The van der Waals surface area contributed by atoms with Gasteiger partial charge in [-0.1, -0.05) is 24.6 Å². The highest BCUT2D eigenvalue weighted by Gasteiger charge is 2.37. The SMILES string of the molecule is CC1CC(C(=O)O)CN(S(=O)(=O)c2c(Cl)cccc2Br)C1. The minimum atomic E-state index is -3.83. The first-order valence-electron chi connectivity index (χ1n) is 6.40. The maximum atomic E-state index is 12.8. The highest BCUT2D eigenvalue weighted by atomic mass is 79.9. The molecule has 1 saturated heterocycles. The van der Waals surface area contributed by atoms with Gasteiger partial charge in [0.15, 0.2) is 0 Å². The second-order valence-corrected chi connectivity index (χ2v) is 8.39. The van der Waals surface area contributed by atoms with Crippen molar-refractivity contribution >= 4 is 43.5 Å². The Bertz CT molecular complexity index is 644. The Hall–Kier alpha value is -0.630. The first-order valence-corrected chi connectivity index (χ1v) is 9.01. The van der Waals surface area contributed by atoms with Gasteiger partial charge in [-0.15, -0.1) is 0 Å². The summed E-state index contributed by atoms with van der Waals surface area (Å²) in [5.74, 6) is -1.68. The summed E-state index contributed by atoms with van der Waals surface area (Å²) in [7, 11) is -3.83. The molecule has 0 aliphatic carbocycles. The third kappa shape index (κ3) is 3.41. The van der Waals surface area contributed by atoms with E-state index in [0.717, 1.165) is 0 Å². The lowest BCUT2D eigenvalue weighted by atomic mass is 9.92. The maximum absolute atomic E-state index is 12.8. The number of hydrogen-bond acceptors (Lipinski definition) is 3. The summed E-state index contributed by atoms with van der Waals surface area (Å²) in [5.41, 5.74) is 0. The molecule has 1 aromatic rings. The molecule has 0 aromatic heterocycles. The molecule has 0 saturated carbocycles. The summed E-state index contributed by atoms with van der Waals surface area (Å²) < 4.78 is 27.1. The molecule has 2 rings (SSSR count). The number of carbonyl (C=O) groups is 1. The average Bonchev–Trinajstić information content (AvgIpc) is 2.37. The normalized spacial score (nSPS) is 24.0. The Morgan fingerprint density at radius 1 is 1.43 bits per heavy atom. The van der Waals surface area contributed by atoms with Crippen LogP contribution in [0.15, 0.2) is 27.6 Å². The van der Waals surface area contributed by atoms with E-state index in [2.05, 4.69) is 15.9 Å². The Labute approximate surface area is 137 Å². The minimum absolute atomic E-state index is 0.00935. The van der Waals surface area contributed by atoms with Crippen LogP contribution in [0.1, 0.15) is 13.3 Å². The highest BCUT2D eigenvalue weighted by Crippen LogP contribution is 2.34. The van der Waals surface area contributed by atoms with Crippen molar-refractivity contribution in [1.29, 1.82) is 0 Å². The number of piperidine rings is 1. The molecule has 5 nitrogen and oxygen atoms in total. The molecule has 1 aliphatic rings. The van der Waals surface area contributed by atoms with Crippen LogP contribution in [0.4, 0.5) is 0 Å². The molecule has 0 bridgehead atoms. The number of halogens is 2. The van der Waals surface area contributed by atoms with Crippen LogP contribution in [-0.4, -0.2) is 36.9 Å². The van der Waals surface area contributed by atoms with E-state index < -0.39 is 21.9 Å². The van der Waals surface area contributed by atoms with Gasteiger partial charge in [-0.2, -0.15) is 4.31 Å². The van der Waals surface area contributed by atoms with Gasteiger partial charge in [0.1, 0.15) is 4.90 Å². The van der Waals surface area contributed by atoms with Crippen LogP contribution in [-0.2, 0) is 14.8 Å². The first kappa shape index (κ1) is 16.7. The fourth-order valence-corrected chi connectivity index (χ4v) is 5.81. The third-order valence-corrected chi connectivity index (χ3v) is 6.78. The standard InChI is InChI=1S/C13H15BrClNO4S/c1-8-5-9(13(17)18)7-16(6-8)21(19,20)12-10(14)3-2-4-11(12)15/h2-4,8-9H,5-7H2,1H3,(H,17,18). The van der Waals surface area contributed by atoms with Crippen molar-refractivity contribution in [2.45, 2.75) is 18.2 Å². The average molecular weight is 397 g/mol. The molecule has 2 atom stereocenters. The van der Waals surface area contributed by atoms with Crippen LogP contribution in [0.3, 0.4) is 0 Å². The van der Waals surface area contributed by atoms with Crippen LogP contribution >= 0.6 is 27.5 Å². The number of sulfonamides is 1. The zero-order chi connectivity index (χ0) is 15.8. The van der Waals surface area contributed by atoms with Gasteiger partial charge in [0, 0.05) is 17.6 Å². The number of benzene rings is 1. The number of hydrogen-bond donors (Lipinski definition) is 1. The zero-order valence-corrected chi connectivity index (χ0v) is 14.4. The van der Waals surface area contributed by atoms with E-state index in [9.17, 15) is 13.2 Å². The Balaban J connectivity index is 2.41. The molecule has 8 heteroatoms. The van der Waals surface area contributed by atoms with E-state index >= 15 is 0 Å². The Morgan fingerprint density at radius 3 is 2.67 bits per heavy atom. The maximum Gasteiger partial charge on any atom is 0.307 e. The van der Waals surface area contributed by atoms with Crippen molar-refractivity contribution in [1.82, 2.24) is 4.31 Å². The van der Waals surface area contributed by atoms with Gasteiger partial charge in [0.05, 0.1) is 10.9 Å². The minimum Gasteiger partial charge on any atom is -0.481 e. The fourth-order valence-electron chi connectivity index (χ4n) is 2.54. The molecular weight excluding hydrogens is 382 g/mol. The molecule has 1 N–H and O–H groups in total. The lowest BCUT2D eigenvalue weighted by Gasteiger charge is -2.34. The number of nitrogens with zero attached hydrogens (tertiary/aromatic N) is 1. The summed E-state index contributed by atoms with van der Waals surface area (Å²) in [6.07, 6.45) is 0.477. The van der Waals surface area contributed by atoms with Crippen LogP contribution in [0, 0.1) is 11.8 Å². The second-order valence-electron chi connectivity index (χ2n) is 5.25. The van der Waals surface area contributed by atoms with Gasteiger partial charge in [-0.05, 0) is 40.4 Å². The van der Waals surface area contributed by atoms with E-state index in [-0.39, 0.29) is 22.4 Å². The zero-order valence-electron chi connectivity index (χ0n) is 11.3. The van der Waals surface area contributed by atoms with Crippen LogP contribution in [0.2, 0.25) is 5.02 Å². The van der Waals surface area contributed by atoms with E-state index in [4.69, 9.17) is 16.7 Å². The lowest BCUT2D eigenvalue weighted by Crippen LogP contribution is -2.45. The molecule has 21 heavy (non-hydrogen) atoms. The monoisotopic (exact) mass is 395 g/mol. The smallest absolute Gasteiger partial charge is 0.307 e. The topological polar surface area (TPSA) is 74.7 Å². The molecule has 116 valence electrons. The molecule has 2 unspecified atom stereocenters. The van der Waals surface area contributed by atoms with E-state index in [1.165, 1.54) is 10.4 Å². The Kier molecular flexibility index (Phi) is 4.97. The Morgan fingerprint density at radius 2 is 2.10 bits per heavy atom. The summed E-state index contributed by atoms with van der Waals surface area (Å²) in [6, 6.07) is 4.74. The molecule has 1 aliphatic heterocycles. The molecule has 0 radical (unpaired) electrons. The first-order chi connectivity index (χ1) is 9.73. The van der Waals surface area contributed by atoms with Crippen molar-refractivity contribution in [3.63, 3.8) is 0 Å². The summed E-state index contributed by atoms with van der Waals surface area (Å²) >= 11 is 9.22. The molecule has 1 aromatic carbocycles. The van der Waals surface area contributed by atoms with Crippen LogP contribution in [0.5, 0.6) is 0 Å². The van der Waals surface area contributed by atoms with Crippen molar-refractivity contribution in [3.8, 4) is 0 Å². The van der Waals surface area contributed by atoms with E-state index in [1.54, 1.807) is 12.1 Å². The summed E-state index contributed by atoms with van der Waals surface area (Å²) in [5, 5.41) is 9.28. The van der Waals surface area contributed by atoms with Crippen molar-refractivity contribution in [3.05, 3.63) is 27.7 Å². The predicted octanol–water partition coefficient (Wildman–Crippen LogP) is 2.83. The number of rotatable bonds is 3. The van der Waals surface area contributed by atoms with Crippen molar-refractivity contribution < 1.29 is 18.3 Å². The molecule has 0 spiro atoms. The van der Waals surface area contributed by atoms with Gasteiger partial charge >= 0.3 is 5.97 Å². The van der Waals surface area contributed by atoms with E-state index in [1.807, 2.05) is 6.92 Å². The number of carboxylic acid groups (broad SMARTS) is 1. The van der Waals surface area contributed by atoms with Gasteiger partial charge in [-0.3, -0.25) is 4.79 Å². The summed E-state index contributed by atoms with van der Waals surface area (Å²) in [4.78, 5) is 11.2. The highest BCUT2D eigenvalue weighted by molar-refractivity contribution is 9.10. The predicted molar refractivity (Wildman–Crippen MR) is 82.8 cm³/mol. The van der Waals surface area contributed by atoms with Gasteiger partial charge < -0.3 is 5.11 Å². The second kappa shape index (κ2) is 6.24. The third-order valence-electron chi connectivity index (χ3n) is 3.49. The van der Waals surface area contributed by atoms with Crippen molar-refractivity contribution in [2.75, 3.05) is 13.1 Å². The lowest BCUT2D eigenvalue weighted by molar-refractivity contribution is -0.143. The molecule has 1 fully saturated rings. The quantitative estimate of drug-likeness (QED) is 0.852. The van der Waals surface area contributed by atoms with Crippen LogP contribution in [0.25, 0.3) is 0 Å². The van der Waals surface area contributed by atoms with E-state index in [0.29, 0.717) is 17.4 Å².